The van der Waals surface area contributed by atoms with Gasteiger partial charge in [0.1, 0.15) is 11.6 Å². The van der Waals surface area contributed by atoms with Gasteiger partial charge in [0.2, 0.25) is 0 Å². The van der Waals surface area contributed by atoms with Crippen LogP contribution in [-0.4, -0.2) is 28.0 Å². The molecule has 0 amide bonds. The van der Waals surface area contributed by atoms with Crippen molar-refractivity contribution in [1.82, 2.24) is 15.0 Å². The van der Waals surface area contributed by atoms with Gasteiger partial charge in [-0.1, -0.05) is 24.6 Å². The van der Waals surface area contributed by atoms with Crippen molar-refractivity contribution in [3.8, 4) is 11.4 Å². The zero-order valence-corrected chi connectivity index (χ0v) is 13.4. The topological polar surface area (TPSA) is 44.8 Å². The van der Waals surface area contributed by atoms with E-state index in [1.165, 1.54) is 12.1 Å². The molecule has 1 atom stereocenters. The third-order valence-electron chi connectivity index (χ3n) is 4.49. The van der Waals surface area contributed by atoms with Crippen molar-refractivity contribution in [1.29, 1.82) is 0 Å². The van der Waals surface area contributed by atoms with Crippen molar-refractivity contribution in [3.05, 3.63) is 34.7 Å². The summed E-state index contributed by atoms with van der Waals surface area (Å²) in [6, 6.07) is 2.06. The van der Waals surface area contributed by atoms with E-state index in [-0.39, 0.29) is 0 Å². The molecule has 0 aromatic carbocycles. The molecule has 1 N–H and O–H groups in total. The zero-order chi connectivity index (χ0) is 15.1. The molecular formula is C17H19ClN4. The molecule has 0 saturated carbocycles. The normalized spacial score (nSPS) is 20.5. The molecule has 2 aromatic rings. The molecular weight excluding hydrogens is 296 g/mol. The van der Waals surface area contributed by atoms with Gasteiger partial charge in [0.25, 0.3) is 0 Å². The zero-order valence-electron chi connectivity index (χ0n) is 12.6. The maximum atomic E-state index is 6.37. The lowest BCUT2D eigenvalue weighted by Crippen LogP contribution is -2.20. The van der Waals surface area contributed by atoms with Gasteiger partial charge >= 0.3 is 0 Å². The number of aryl methyl sites for hydroxylation is 1. The van der Waals surface area contributed by atoms with Crippen molar-refractivity contribution < 1.29 is 0 Å². The van der Waals surface area contributed by atoms with Gasteiger partial charge in [0.15, 0.2) is 0 Å². The highest BCUT2D eigenvalue weighted by Gasteiger charge is 2.22. The van der Waals surface area contributed by atoms with Gasteiger partial charge in [-0.3, -0.25) is 0 Å². The molecule has 0 bridgehead atoms. The lowest BCUT2D eigenvalue weighted by molar-refractivity contribution is 0.659. The molecule has 1 aliphatic heterocycles. The standard InChI is InChI=1S/C17H19ClN4/c1-11-6-7-22(10-11)16-8-12(13(18)9-19-16)17-20-14-4-2-3-5-15(14)21-17/h2,4,8-9,11H,3,5-7,10H2,1H3,(H,20,21). The van der Waals surface area contributed by atoms with Gasteiger partial charge in [0.05, 0.1) is 10.7 Å². The van der Waals surface area contributed by atoms with Crippen LogP contribution < -0.4 is 4.90 Å². The molecule has 5 heteroatoms. The summed E-state index contributed by atoms with van der Waals surface area (Å²) in [7, 11) is 0. The summed E-state index contributed by atoms with van der Waals surface area (Å²) >= 11 is 6.37. The Labute approximate surface area is 135 Å². The van der Waals surface area contributed by atoms with E-state index < -0.39 is 0 Å². The van der Waals surface area contributed by atoms with E-state index in [1.807, 2.05) is 0 Å². The fraction of sp³-hybridized carbons (Fsp3) is 0.412. The number of nitrogens with one attached hydrogen (secondary N) is 1. The molecule has 1 fully saturated rings. The average Bonchev–Trinajstić information content (AvgIpc) is 3.13. The van der Waals surface area contributed by atoms with Gasteiger partial charge in [0, 0.05) is 30.5 Å². The molecule has 1 saturated heterocycles. The van der Waals surface area contributed by atoms with E-state index in [2.05, 4.69) is 40.0 Å². The van der Waals surface area contributed by atoms with E-state index in [1.54, 1.807) is 6.20 Å². The van der Waals surface area contributed by atoms with Crippen molar-refractivity contribution in [2.45, 2.75) is 26.2 Å². The third kappa shape index (κ3) is 2.41. The quantitative estimate of drug-likeness (QED) is 0.913. The van der Waals surface area contributed by atoms with E-state index in [0.29, 0.717) is 5.02 Å². The number of H-pyrrole nitrogens is 1. The summed E-state index contributed by atoms with van der Waals surface area (Å²) in [6.45, 7) is 4.40. The molecule has 0 radical (unpaired) electrons. The number of pyridine rings is 1. The Bertz CT molecular complexity index is 734. The first kappa shape index (κ1) is 13.8. The molecule has 2 aliphatic rings. The third-order valence-corrected chi connectivity index (χ3v) is 4.79. The van der Waals surface area contributed by atoms with Crippen LogP contribution in [0.25, 0.3) is 17.5 Å². The first-order chi connectivity index (χ1) is 10.7. The summed E-state index contributed by atoms with van der Waals surface area (Å²) in [4.78, 5) is 14.9. The van der Waals surface area contributed by atoms with E-state index in [4.69, 9.17) is 16.6 Å². The first-order valence-corrected chi connectivity index (χ1v) is 8.25. The minimum absolute atomic E-state index is 0.645. The molecule has 1 unspecified atom stereocenters. The monoisotopic (exact) mass is 314 g/mol. The molecule has 3 heterocycles. The number of imidazole rings is 1. The Hall–Kier alpha value is -1.81. The summed E-state index contributed by atoms with van der Waals surface area (Å²) in [5.74, 6) is 2.56. The Kier molecular flexibility index (Phi) is 3.41. The largest absolute Gasteiger partial charge is 0.356 e. The fourth-order valence-electron chi connectivity index (χ4n) is 3.23. The van der Waals surface area contributed by atoms with Gasteiger partial charge in [-0.25, -0.2) is 9.97 Å². The summed E-state index contributed by atoms with van der Waals surface area (Å²) in [5, 5.41) is 0.645. The number of aromatic amines is 1. The molecule has 1 aliphatic carbocycles. The number of halogens is 1. The summed E-state index contributed by atoms with van der Waals surface area (Å²) in [6.07, 6.45) is 9.29. The molecule has 2 aromatic heterocycles. The Morgan fingerprint density at radius 3 is 3.09 bits per heavy atom. The second kappa shape index (κ2) is 5.43. The number of hydrogen-bond donors (Lipinski definition) is 1. The number of fused-ring (bicyclic) bond motifs is 1. The van der Waals surface area contributed by atoms with Gasteiger partial charge in [-0.05, 0) is 37.3 Å². The van der Waals surface area contributed by atoms with Crippen molar-refractivity contribution in [3.63, 3.8) is 0 Å². The fourth-order valence-corrected chi connectivity index (χ4v) is 3.42. The van der Waals surface area contributed by atoms with Gasteiger partial charge in [-0.2, -0.15) is 0 Å². The Morgan fingerprint density at radius 2 is 2.32 bits per heavy atom. The van der Waals surface area contributed by atoms with Crippen LogP contribution in [0.3, 0.4) is 0 Å². The van der Waals surface area contributed by atoms with Crippen LogP contribution >= 0.6 is 11.6 Å². The van der Waals surface area contributed by atoms with Crippen LogP contribution in [0, 0.1) is 5.92 Å². The Morgan fingerprint density at radius 1 is 1.41 bits per heavy atom. The molecule has 4 rings (SSSR count). The minimum atomic E-state index is 0.645. The van der Waals surface area contributed by atoms with Crippen LogP contribution in [0.5, 0.6) is 0 Å². The molecule has 114 valence electrons. The smallest absolute Gasteiger partial charge is 0.139 e. The minimum Gasteiger partial charge on any atom is -0.356 e. The second-order valence-electron chi connectivity index (χ2n) is 6.25. The average molecular weight is 315 g/mol. The predicted molar refractivity (Wildman–Crippen MR) is 90.2 cm³/mol. The second-order valence-corrected chi connectivity index (χ2v) is 6.66. The highest BCUT2D eigenvalue weighted by Crippen LogP contribution is 2.32. The van der Waals surface area contributed by atoms with E-state index in [0.717, 1.165) is 54.7 Å². The van der Waals surface area contributed by atoms with Crippen LogP contribution in [-0.2, 0) is 6.42 Å². The number of anilines is 1. The van der Waals surface area contributed by atoms with Crippen LogP contribution in [0.4, 0.5) is 5.82 Å². The van der Waals surface area contributed by atoms with Gasteiger partial charge in [-0.15, -0.1) is 0 Å². The highest BCUT2D eigenvalue weighted by molar-refractivity contribution is 6.33. The van der Waals surface area contributed by atoms with Crippen LogP contribution in [0.2, 0.25) is 5.02 Å². The maximum Gasteiger partial charge on any atom is 0.139 e. The number of nitrogens with zero attached hydrogens (tertiary/aromatic N) is 3. The van der Waals surface area contributed by atoms with Crippen molar-refractivity contribution in [2.75, 3.05) is 18.0 Å². The number of rotatable bonds is 2. The highest BCUT2D eigenvalue weighted by atomic mass is 35.5. The van der Waals surface area contributed by atoms with Crippen LogP contribution in [0.1, 0.15) is 31.2 Å². The SMILES string of the molecule is CC1CCN(c2cc(-c3nc4c([nH]3)CCC=C4)c(Cl)cn2)C1. The first-order valence-electron chi connectivity index (χ1n) is 7.87. The van der Waals surface area contributed by atoms with Crippen molar-refractivity contribution in [2.24, 2.45) is 5.92 Å². The van der Waals surface area contributed by atoms with E-state index in [9.17, 15) is 0 Å². The van der Waals surface area contributed by atoms with Crippen LogP contribution in [0.15, 0.2) is 18.3 Å². The summed E-state index contributed by atoms with van der Waals surface area (Å²) in [5.41, 5.74) is 3.17. The number of hydrogen-bond acceptors (Lipinski definition) is 3. The van der Waals surface area contributed by atoms with E-state index >= 15 is 0 Å². The molecule has 22 heavy (non-hydrogen) atoms. The maximum absolute atomic E-state index is 6.37. The lowest BCUT2D eigenvalue weighted by Gasteiger charge is -2.17. The predicted octanol–water partition coefficient (Wildman–Crippen LogP) is 3.93. The lowest BCUT2D eigenvalue weighted by atomic mass is 10.1. The molecule has 0 spiro atoms. The Balaban J connectivity index is 1.71. The summed E-state index contributed by atoms with van der Waals surface area (Å²) < 4.78 is 0. The van der Waals surface area contributed by atoms with Gasteiger partial charge < -0.3 is 9.88 Å². The number of allylic oxidation sites excluding steroid dienone is 1. The van der Waals surface area contributed by atoms with Crippen molar-refractivity contribution >= 4 is 23.5 Å². The number of aromatic nitrogens is 3. The molecule has 4 nitrogen and oxygen atoms in total.